The first kappa shape index (κ1) is 21.4. The summed E-state index contributed by atoms with van der Waals surface area (Å²) < 4.78 is 10.1. The monoisotopic (exact) mass is 353 g/mol. The SMILES string of the molecule is CC(C)(O)C(C)(C)O.O=C(OB(O)c1ccccc1)N1CCOCC1. The third-order valence-electron chi connectivity index (χ3n) is 4.06. The van der Waals surface area contributed by atoms with Gasteiger partial charge in [0.2, 0.25) is 0 Å². The normalized spacial score (nSPS) is 15.1. The molecule has 1 aliphatic heterocycles. The Morgan fingerprint density at radius 2 is 1.56 bits per heavy atom. The molecular weight excluding hydrogens is 325 g/mol. The van der Waals surface area contributed by atoms with E-state index in [2.05, 4.69) is 0 Å². The number of rotatable bonds is 3. The Kier molecular flexibility index (Phi) is 7.88. The third kappa shape index (κ3) is 7.44. The van der Waals surface area contributed by atoms with Gasteiger partial charge in [0, 0.05) is 13.1 Å². The Labute approximate surface area is 149 Å². The molecule has 2 rings (SSSR count). The van der Waals surface area contributed by atoms with Gasteiger partial charge in [-0.05, 0) is 33.2 Å². The molecule has 1 aromatic rings. The zero-order chi connectivity index (χ0) is 19.1. The minimum atomic E-state index is -1.22. The molecule has 0 spiro atoms. The lowest BCUT2D eigenvalue weighted by molar-refractivity contribution is -0.107. The molecule has 0 radical (unpaired) electrons. The summed E-state index contributed by atoms with van der Waals surface area (Å²) in [6.07, 6.45) is -0.510. The zero-order valence-corrected chi connectivity index (χ0v) is 15.3. The molecule has 1 aliphatic rings. The largest absolute Gasteiger partial charge is 0.563 e. The van der Waals surface area contributed by atoms with Crippen molar-refractivity contribution < 1.29 is 29.4 Å². The molecule has 7 nitrogen and oxygen atoms in total. The molecule has 0 atom stereocenters. The van der Waals surface area contributed by atoms with Gasteiger partial charge < -0.3 is 29.5 Å². The number of carbonyl (C=O) groups excluding carboxylic acids is 1. The highest BCUT2D eigenvalue weighted by Gasteiger charge is 2.32. The van der Waals surface area contributed by atoms with Gasteiger partial charge in [-0.1, -0.05) is 30.3 Å². The van der Waals surface area contributed by atoms with E-state index in [1.807, 2.05) is 6.07 Å². The average molecular weight is 353 g/mol. The van der Waals surface area contributed by atoms with Crippen molar-refractivity contribution in [2.75, 3.05) is 26.3 Å². The number of hydrogen-bond acceptors (Lipinski definition) is 6. The number of benzene rings is 1. The maximum atomic E-state index is 11.7. The summed E-state index contributed by atoms with van der Waals surface area (Å²) in [5, 5.41) is 27.9. The van der Waals surface area contributed by atoms with E-state index >= 15 is 0 Å². The number of hydrogen-bond donors (Lipinski definition) is 3. The van der Waals surface area contributed by atoms with Crippen molar-refractivity contribution in [3.63, 3.8) is 0 Å². The van der Waals surface area contributed by atoms with Crippen LogP contribution in [0.25, 0.3) is 0 Å². The van der Waals surface area contributed by atoms with Crippen LogP contribution in [0.1, 0.15) is 27.7 Å². The molecule has 1 amide bonds. The molecule has 0 aliphatic carbocycles. The van der Waals surface area contributed by atoms with Crippen molar-refractivity contribution in [2.45, 2.75) is 38.9 Å². The number of nitrogens with zero attached hydrogens (tertiary/aromatic N) is 1. The van der Waals surface area contributed by atoms with Crippen LogP contribution in [-0.2, 0) is 9.39 Å². The summed E-state index contributed by atoms with van der Waals surface area (Å²) in [5.41, 5.74) is -1.45. The molecule has 3 N–H and O–H groups in total. The smallest absolute Gasteiger partial charge is 0.489 e. The second kappa shape index (κ2) is 9.19. The van der Waals surface area contributed by atoms with Gasteiger partial charge in [-0.3, -0.25) is 0 Å². The van der Waals surface area contributed by atoms with Crippen molar-refractivity contribution in [3.8, 4) is 0 Å². The Morgan fingerprint density at radius 1 is 1.08 bits per heavy atom. The molecule has 0 aromatic heterocycles. The fourth-order valence-corrected chi connectivity index (χ4v) is 1.60. The fraction of sp³-hybridized carbons (Fsp3) is 0.588. The highest BCUT2D eigenvalue weighted by Crippen LogP contribution is 2.19. The molecular formula is C17H28BNO6. The standard InChI is InChI=1S/C11H14BNO4.C6H14O2/c14-11(13-6-8-16-9-7-13)17-12(15)10-4-2-1-3-5-10;1-5(2,7)6(3,4)8/h1-5,15H,6-9H2;7-8H,1-4H3. The first-order chi connectivity index (χ1) is 11.5. The quantitative estimate of drug-likeness (QED) is 0.679. The lowest BCUT2D eigenvalue weighted by Crippen LogP contribution is -2.45. The van der Waals surface area contributed by atoms with E-state index in [9.17, 15) is 9.82 Å². The Balaban J connectivity index is 0.000000333. The second-order valence-corrected chi connectivity index (χ2v) is 6.86. The van der Waals surface area contributed by atoms with E-state index < -0.39 is 24.4 Å². The maximum Gasteiger partial charge on any atom is 0.563 e. The van der Waals surface area contributed by atoms with Gasteiger partial charge in [0.15, 0.2) is 0 Å². The lowest BCUT2D eigenvalue weighted by Gasteiger charge is -2.31. The van der Waals surface area contributed by atoms with Crippen molar-refractivity contribution in [1.82, 2.24) is 4.90 Å². The predicted octanol–water partition coefficient (Wildman–Crippen LogP) is 0.371. The van der Waals surface area contributed by atoms with Gasteiger partial charge in [-0.2, -0.15) is 0 Å². The molecule has 1 heterocycles. The summed E-state index contributed by atoms with van der Waals surface area (Å²) in [6.45, 7) is 8.33. The Bertz CT molecular complexity index is 508. The van der Waals surface area contributed by atoms with Crippen LogP contribution in [0.4, 0.5) is 4.79 Å². The van der Waals surface area contributed by atoms with Crippen LogP contribution in [0, 0.1) is 0 Å². The van der Waals surface area contributed by atoms with Crippen molar-refractivity contribution in [2.24, 2.45) is 0 Å². The molecule has 1 fully saturated rings. The van der Waals surface area contributed by atoms with Crippen LogP contribution in [0.2, 0.25) is 0 Å². The highest BCUT2D eigenvalue weighted by atomic mass is 16.6. The van der Waals surface area contributed by atoms with Crippen LogP contribution in [0.3, 0.4) is 0 Å². The zero-order valence-electron chi connectivity index (χ0n) is 15.3. The molecule has 140 valence electrons. The number of amides is 1. The predicted molar refractivity (Wildman–Crippen MR) is 95.5 cm³/mol. The molecule has 0 saturated carbocycles. The first-order valence-electron chi connectivity index (χ1n) is 8.23. The highest BCUT2D eigenvalue weighted by molar-refractivity contribution is 6.61. The number of morpholine rings is 1. The van der Waals surface area contributed by atoms with E-state index in [-0.39, 0.29) is 0 Å². The Morgan fingerprint density at radius 3 is 2.00 bits per heavy atom. The first-order valence-corrected chi connectivity index (χ1v) is 8.23. The number of ether oxygens (including phenoxy) is 1. The second-order valence-electron chi connectivity index (χ2n) is 6.86. The van der Waals surface area contributed by atoms with Gasteiger partial charge in [0.25, 0.3) is 0 Å². The molecule has 25 heavy (non-hydrogen) atoms. The van der Waals surface area contributed by atoms with E-state index in [0.717, 1.165) is 0 Å². The fourth-order valence-electron chi connectivity index (χ4n) is 1.60. The van der Waals surface area contributed by atoms with Gasteiger partial charge in [0.1, 0.15) is 0 Å². The van der Waals surface area contributed by atoms with Crippen LogP contribution in [0.15, 0.2) is 30.3 Å². The van der Waals surface area contributed by atoms with E-state index in [1.54, 1.807) is 52.0 Å². The average Bonchev–Trinajstić information content (AvgIpc) is 2.55. The minimum absolute atomic E-state index is 0.500. The maximum absolute atomic E-state index is 11.7. The van der Waals surface area contributed by atoms with Crippen LogP contribution in [-0.4, -0.2) is 70.9 Å². The number of carbonyl (C=O) groups is 1. The lowest BCUT2D eigenvalue weighted by atomic mass is 9.80. The van der Waals surface area contributed by atoms with E-state index in [4.69, 9.17) is 19.6 Å². The van der Waals surface area contributed by atoms with Gasteiger partial charge in [-0.25, -0.2) is 4.79 Å². The van der Waals surface area contributed by atoms with Crippen molar-refractivity contribution >= 4 is 18.7 Å². The summed E-state index contributed by atoms with van der Waals surface area (Å²) in [4.78, 5) is 13.2. The van der Waals surface area contributed by atoms with E-state index in [0.29, 0.717) is 31.8 Å². The molecule has 8 heteroatoms. The molecule has 0 bridgehead atoms. The minimum Gasteiger partial charge on any atom is -0.489 e. The van der Waals surface area contributed by atoms with E-state index in [1.165, 1.54) is 4.90 Å². The molecule has 1 saturated heterocycles. The molecule has 1 aromatic carbocycles. The summed E-state index contributed by atoms with van der Waals surface area (Å²) in [5.74, 6) is 0. The number of aliphatic hydroxyl groups is 2. The van der Waals surface area contributed by atoms with Crippen molar-refractivity contribution in [3.05, 3.63) is 30.3 Å². The summed E-state index contributed by atoms with van der Waals surface area (Å²) in [6, 6.07) is 8.80. The van der Waals surface area contributed by atoms with Gasteiger partial charge in [-0.15, -0.1) is 0 Å². The van der Waals surface area contributed by atoms with Crippen LogP contribution >= 0.6 is 0 Å². The Hall–Kier alpha value is -1.61. The molecule has 0 unspecified atom stereocenters. The summed E-state index contributed by atoms with van der Waals surface area (Å²) >= 11 is 0. The van der Waals surface area contributed by atoms with Gasteiger partial charge in [0.05, 0.1) is 24.4 Å². The topological polar surface area (TPSA) is 99.5 Å². The third-order valence-corrected chi connectivity index (χ3v) is 4.06. The van der Waals surface area contributed by atoms with Crippen LogP contribution < -0.4 is 5.46 Å². The van der Waals surface area contributed by atoms with Gasteiger partial charge >= 0.3 is 13.2 Å². The van der Waals surface area contributed by atoms with Crippen LogP contribution in [0.5, 0.6) is 0 Å². The van der Waals surface area contributed by atoms with Crippen molar-refractivity contribution in [1.29, 1.82) is 0 Å². The summed E-state index contributed by atoms with van der Waals surface area (Å²) in [7, 11) is -1.22.